The third-order valence-electron chi connectivity index (χ3n) is 12.1. The molecule has 0 fully saturated rings. The van der Waals surface area contributed by atoms with Gasteiger partial charge in [-0.05, 0) is 151 Å². The molecule has 2 aliphatic rings. The van der Waals surface area contributed by atoms with E-state index in [0.29, 0.717) is 11.5 Å². The second-order valence-corrected chi connectivity index (χ2v) is 16.5. The maximum absolute atomic E-state index is 13.4. The van der Waals surface area contributed by atoms with E-state index in [0.717, 1.165) is 83.0 Å². The average Bonchev–Trinajstić information content (AvgIpc) is 3.90. The number of hydrogen-bond donors (Lipinski definition) is 0. The van der Waals surface area contributed by atoms with Gasteiger partial charge < -0.3 is 9.62 Å². The number of unbranched alkanes of at least 4 members (excludes halogenated alkanes) is 2. The largest absolute Gasteiger partial charge is 0.423 e. The number of aryl methyl sites for hydroxylation is 4. The lowest BCUT2D eigenvalue weighted by molar-refractivity contribution is -0.196. The van der Waals surface area contributed by atoms with Gasteiger partial charge in [-0.15, -0.1) is 0 Å². The highest BCUT2D eigenvalue weighted by molar-refractivity contribution is 5.89. The molecule has 1 atom stereocenters. The smallest absolute Gasteiger partial charge is 0.336 e. The Morgan fingerprint density at radius 1 is 0.571 bits per heavy atom. The van der Waals surface area contributed by atoms with Crippen LogP contribution in [0.25, 0.3) is 12.2 Å². The SMILES string of the molecule is CCCCc1ccc(C#Cc2ccc(C=CCOOc3cccc4c3C3(CC4)CCc4cccc(OC(=O)C=Cc5ccc(C#Cc6ccc(CCCC)cc6)cc5)c43)cc2)cc1. The molecular formula is C59H54O4. The van der Waals surface area contributed by atoms with Crippen molar-refractivity contribution in [1.29, 1.82) is 0 Å². The summed E-state index contributed by atoms with van der Waals surface area (Å²) in [5.74, 6) is 14.0. The molecule has 0 aromatic heterocycles. The Balaban J connectivity index is 0.875. The van der Waals surface area contributed by atoms with Crippen LogP contribution in [0.15, 0.2) is 146 Å². The molecular weight excluding hydrogens is 773 g/mol. The minimum atomic E-state index is -0.416. The zero-order valence-corrected chi connectivity index (χ0v) is 36.4. The van der Waals surface area contributed by atoms with Crippen molar-refractivity contribution in [2.45, 2.75) is 83.5 Å². The molecule has 6 aromatic carbocycles. The molecule has 8 rings (SSSR count). The van der Waals surface area contributed by atoms with Gasteiger partial charge in [0, 0.05) is 44.9 Å². The fraction of sp³-hybridized carbons (Fsp3) is 0.237. The number of fused-ring (bicyclic) bond motifs is 4. The summed E-state index contributed by atoms with van der Waals surface area (Å²) in [6, 6.07) is 45.4. The highest BCUT2D eigenvalue weighted by Gasteiger charge is 2.48. The monoisotopic (exact) mass is 826 g/mol. The molecule has 1 spiro atoms. The fourth-order valence-corrected chi connectivity index (χ4v) is 8.80. The summed E-state index contributed by atoms with van der Waals surface area (Å²) in [4.78, 5) is 25.3. The Hall–Kier alpha value is -6.85. The van der Waals surface area contributed by atoms with E-state index in [9.17, 15) is 4.79 Å². The number of esters is 1. The first-order valence-electron chi connectivity index (χ1n) is 22.5. The van der Waals surface area contributed by atoms with E-state index >= 15 is 0 Å². The van der Waals surface area contributed by atoms with Crippen LogP contribution in [0, 0.1) is 23.7 Å². The molecule has 4 heteroatoms. The summed E-state index contributed by atoms with van der Waals surface area (Å²) < 4.78 is 6.14. The molecule has 0 heterocycles. The Kier molecular flexibility index (Phi) is 14.1. The van der Waals surface area contributed by atoms with Gasteiger partial charge in [-0.3, -0.25) is 0 Å². The summed E-state index contributed by atoms with van der Waals surface area (Å²) in [5.41, 5.74) is 12.9. The van der Waals surface area contributed by atoms with Crippen molar-refractivity contribution in [2.24, 2.45) is 0 Å². The Bertz CT molecular complexity index is 2690. The Labute approximate surface area is 373 Å². The van der Waals surface area contributed by atoms with Crippen LogP contribution in [0.2, 0.25) is 0 Å². The zero-order valence-electron chi connectivity index (χ0n) is 36.4. The molecule has 0 aliphatic heterocycles. The maximum atomic E-state index is 13.4. The van der Waals surface area contributed by atoms with Crippen molar-refractivity contribution in [2.75, 3.05) is 6.61 Å². The van der Waals surface area contributed by atoms with Crippen LogP contribution in [0.5, 0.6) is 11.5 Å². The van der Waals surface area contributed by atoms with E-state index < -0.39 is 5.97 Å². The van der Waals surface area contributed by atoms with Gasteiger partial charge in [0.1, 0.15) is 12.4 Å². The van der Waals surface area contributed by atoms with E-state index in [-0.39, 0.29) is 12.0 Å². The number of rotatable bonds is 14. The number of benzene rings is 6. The van der Waals surface area contributed by atoms with Crippen LogP contribution in [0.4, 0.5) is 0 Å². The van der Waals surface area contributed by atoms with Crippen LogP contribution < -0.4 is 9.62 Å². The lowest BCUT2D eigenvalue weighted by atomic mass is 9.76. The van der Waals surface area contributed by atoms with Gasteiger partial charge >= 0.3 is 5.97 Å². The molecule has 4 nitrogen and oxygen atoms in total. The summed E-state index contributed by atoms with van der Waals surface area (Å²) in [6.07, 6.45) is 17.9. The Morgan fingerprint density at radius 3 is 1.54 bits per heavy atom. The second kappa shape index (κ2) is 20.8. The van der Waals surface area contributed by atoms with E-state index in [1.54, 1.807) is 6.08 Å². The van der Waals surface area contributed by atoms with Crippen LogP contribution >= 0.6 is 0 Å². The van der Waals surface area contributed by atoms with Crippen molar-refractivity contribution in [3.8, 4) is 35.2 Å². The molecule has 0 radical (unpaired) electrons. The molecule has 314 valence electrons. The lowest BCUT2D eigenvalue weighted by Gasteiger charge is -2.29. The highest BCUT2D eigenvalue weighted by Crippen LogP contribution is 2.57. The van der Waals surface area contributed by atoms with Crippen molar-refractivity contribution >= 4 is 18.1 Å². The molecule has 1 unspecified atom stereocenters. The summed E-state index contributed by atoms with van der Waals surface area (Å²) in [7, 11) is 0. The predicted molar refractivity (Wildman–Crippen MR) is 256 cm³/mol. The molecule has 0 saturated carbocycles. The normalized spacial score (nSPS) is 14.8. The van der Waals surface area contributed by atoms with E-state index in [1.807, 2.05) is 72.8 Å². The van der Waals surface area contributed by atoms with Gasteiger partial charge in [-0.25, -0.2) is 4.79 Å². The first-order valence-corrected chi connectivity index (χ1v) is 22.5. The highest BCUT2D eigenvalue weighted by atomic mass is 17.2. The summed E-state index contributed by atoms with van der Waals surface area (Å²) in [5, 5.41) is 0. The summed E-state index contributed by atoms with van der Waals surface area (Å²) >= 11 is 0. The van der Waals surface area contributed by atoms with Crippen LogP contribution in [0.1, 0.15) is 119 Å². The van der Waals surface area contributed by atoms with Crippen LogP contribution in [-0.4, -0.2) is 12.6 Å². The predicted octanol–water partition coefficient (Wildman–Crippen LogP) is 13.0. The molecule has 6 aromatic rings. The molecule has 0 N–H and O–H groups in total. The second-order valence-electron chi connectivity index (χ2n) is 16.5. The number of hydrogen-bond acceptors (Lipinski definition) is 4. The van der Waals surface area contributed by atoms with Crippen LogP contribution in [0.3, 0.4) is 0 Å². The van der Waals surface area contributed by atoms with E-state index in [4.69, 9.17) is 14.5 Å². The van der Waals surface area contributed by atoms with E-state index in [1.165, 1.54) is 54.0 Å². The summed E-state index contributed by atoms with van der Waals surface area (Å²) in [6.45, 7) is 4.71. The topological polar surface area (TPSA) is 44.8 Å². The van der Waals surface area contributed by atoms with Gasteiger partial charge in [0.05, 0.1) is 0 Å². The lowest BCUT2D eigenvalue weighted by Crippen LogP contribution is -2.24. The number of carbonyl (C=O) groups is 1. The van der Waals surface area contributed by atoms with Gasteiger partial charge in [0.25, 0.3) is 0 Å². The standard InChI is InChI=1S/C59H54O4/c1-3-5-10-44-17-23-47(24-18-44)29-30-49-27-21-46(22-28-49)12-9-43-61-63-55-16-8-14-53-40-42-59(58(53)55)41-39-52-13-7-15-54(57(52)59)62-56(60)38-37-51-35-33-50(34-36-51)32-31-48-25-19-45(20-26-48)11-6-4-2/h7-9,12-28,33-38H,3-6,10-11,39-43H2,1-2H3. The molecule has 0 bridgehead atoms. The zero-order chi connectivity index (χ0) is 43.3. The van der Waals surface area contributed by atoms with Gasteiger partial charge in [0.15, 0.2) is 5.75 Å². The van der Waals surface area contributed by atoms with Crippen LogP contribution in [-0.2, 0) is 40.8 Å². The molecule has 0 saturated heterocycles. The van der Waals surface area contributed by atoms with Crippen molar-refractivity contribution in [3.05, 3.63) is 212 Å². The third kappa shape index (κ3) is 10.8. The average molecular weight is 827 g/mol. The minimum Gasteiger partial charge on any atom is -0.423 e. The van der Waals surface area contributed by atoms with Gasteiger partial charge in [0.2, 0.25) is 0 Å². The quantitative estimate of drug-likeness (QED) is 0.0209. The molecule has 0 amide bonds. The maximum Gasteiger partial charge on any atom is 0.336 e. The number of carbonyl (C=O) groups excluding carboxylic acids is 1. The fourth-order valence-electron chi connectivity index (χ4n) is 8.80. The Morgan fingerprint density at radius 2 is 1.03 bits per heavy atom. The number of ether oxygens (including phenoxy) is 1. The van der Waals surface area contributed by atoms with Gasteiger partial charge in [-0.1, -0.05) is 135 Å². The van der Waals surface area contributed by atoms with Crippen molar-refractivity contribution in [1.82, 2.24) is 0 Å². The van der Waals surface area contributed by atoms with Crippen molar-refractivity contribution < 1.29 is 19.3 Å². The third-order valence-corrected chi connectivity index (χ3v) is 12.1. The molecule has 2 aliphatic carbocycles. The first kappa shape index (κ1) is 42.8. The van der Waals surface area contributed by atoms with Gasteiger partial charge in [-0.2, -0.15) is 4.89 Å². The molecule has 63 heavy (non-hydrogen) atoms. The van der Waals surface area contributed by atoms with Crippen molar-refractivity contribution in [3.63, 3.8) is 0 Å². The first-order chi connectivity index (χ1) is 31.0. The minimum absolute atomic E-state index is 0.280. The van der Waals surface area contributed by atoms with E-state index in [2.05, 4.69) is 110 Å².